The number of hydrogen-bond donors (Lipinski definition) is 1. The minimum absolute atomic E-state index is 0.671. The highest BCUT2D eigenvalue weighted by molar-refractivity contribution is 5.45. The van der Waals surface area contributed by atoms with Gasteiger partial charge in [-0.05, 0) is 35.7 Å². The van der Waals surface area contributed by atoms with Crippen LogP contribution in [0.1, 0.15) is 16.8 Å². The molecule has 1 aliphatic heterocycles. The van der Waals surface area contributed by atoms with E-state index in [-0.39, 0.29) is 0 Å². The molecule has 1 aromatic carbocycles. The molecule has 3 rings (SSSR count). The van der Waals surface area contributed by atoms with Gasteiger partial charge in [-0.3, -0.25) is 4.90 Å². The quantitative estimate of drug-likeness (QED) is 0.868. The Morgan fingerprint density at radius 1 is 1.25 bits per heavy atom. The molecule has 2 N–H and O–H groups in total. The van der Waals surface area contributed by atoms with Crippen molar-refractivity contribution in [1.82, 2.24) is 9.88 Å². The van der Waals surface area contributed by atoms with Gasteiger partial charge in [0.25, 0.3) is 0 Å². The van der Waals surface area contributed by atoms with Crippen molar-refractivity contribution in [3.63, 3.8) is 0 Å². The number of methoxy groups -OCH3 is 1. The summed E-state index contributed by atoms with van der Waals surface area (Å²) >= 11 is 0. The van der Waals surface area contributed by atoms with Crippen molar-refractivity contribution in [2.45, 2.75) is 19.5 Å². The van der Waals surface area contributed by atoms with Gasteiger partial charge in [-0.2, -0.15) is 0 Å². The first kappa shape index (κ1) is 12.9. The van der Waals surface area contributed by atoms with Crippen LogP contribution in [0.25, 0.3) is 0 Å². The van der Waals surface area contributed by atoms with Crippen molar-refractivity contribution in [1.29, 1.82) is 0 Å². The van der Waals surface area contributed by atoms with Gasteiger partial charge in [-0.25, -0.2) is 4.98 Å². The molecule has 4 heteroatoms. The summed E-state index contributed by atoms with van der Waals surface area (Å²) in [4.78, 5) is 6.86. The molecule has 0 fully saturated rings. The Morgan fingerprint density at radius 2 is 2.15 bits per heavy atom. The number of nitrogen functional groups attached to an aromatic ring is 1. The molecule has 0 amide bonds. The maximum Gasteiger partial charge on any atom is 0.213 e. The summed E-state index contributed by atoms with van der Waals surface area (Å²) in [5.41, 5.74) is 10.5. The molecule has 0 radical (unpaired) electrons. The number of anilines is 1. The average molecular weight is 269 g/mol. The number of rotatable bonds is 3. The molecule has 4 nitrogen and oxygen atoms in total. The Kier molecular flexibility index (Phi) is 3.56. The van der Waals surface area contributed by atoms with E-state index < -0.39 is 0 Å². The molecule has 0 saturated carbocycles. The molecule has 104 valence electrons. The Balaban J connectivity index is 1.73. The molecule has 1 aromatic heterocycles. The summed E-state index contributed by atoms with van der Waals surface area (Å²) in [5.74, 6) is 0.671. The van der Waals surface area contributed by atoms with Gasteiger partial charge in [-0.15, -0.1) is 0 Å². The molecule has 1 aliphatic rings. The van der Waals surface area contributed by atoms with E-state index in [0.717, 1.165) is 37.4 Å². The predicted molar refractivity (Wildman–Crippen MR) is 79.5 cm³/mol. The van der Waals surface area contributed by atoms with Gasteiger partial charge in [-0.1, -0.05) is 12.1 Å². The maximum atomic E-state index is 5.87. The SMILES string of the molecule is COc1cccc(CN2CCc3ccc(N)cc3C2)n1. The van der Waals surface area contributed by atoms with Crippen LogP contribution in [0, 0.1) is 0 Å². The molecule has 0 spiro atoms. The van der Waals surface area contributed by atoms with E-state index in [0.29, 0.717) is 5.88 Å². The van der Waals surface area contributed by atoms with Gasteiger partial charge < -0.3 is 10.5 Å². The topological polar surface area (TPSA) is 51.4 Å². The van der Waals surface area contributed by atoms with Crippen molar-refractivity contribution in [2.75, 3.05) is 19.4 Å². The molecule has 2 heterocycles. The fourth-order valence-corrected chi connectivity index (χ4v) is 2.66. The molecular weight excluding hydrogens is 250 g/mol. The second-order valence-corrected chi connectivity index (χ2v) is 5.16. The second-order valence-electron chi connectivity index (χ2n) is 5.16. The van der Waals surface area contributed by atoms with E-state index in [1.54, 1.807) is 7.11 Å². The van der Waals surface area contributed by atoms with Gasteiger partial charge >= 0.3 is 0 Å². The number of hydrogen-bond acceptors (Lipinski definition) is 4. The summed E-state index contributed by atoms with van der Waals surface area (Å²) in [6.45, 7) is 2.82. The molecule has 20 heavy (non-hydrogen) atoms. The third-order valence-corrected chi connectivity index (χ3v) is 3.70. The van der Waals surface area contributed by atoms with Crippen LogP contribution in [-0.4, -0.2) is 23.5 Å². The lowest BCUT2D eigenvalue weighted by Crippen LogP contribution is -2.30. The van der Waals surface area contributed by atoms with E-state index in [1.165, 1.54) is 11.1 Å². The van der Waals surface area contributed by atoms with Crippen molar-refractivity contribution in [3.05, 3.63) is 53.2 Å². The monoisotopic (exact) mass is 269 g/mol. The van der Waals surface area contributed by atoms with E-state index in [9.17, 15) is 0 Å². The first-order chi connectivity index (χ1) is 9.74. The number of pyridine rings is 1. The highest BCUT2D eigenvalue weighted by atomic mass is 16.5. The van der Waals surface area contributed by atoms with E-state index in [2.05, 4.69) is 22.0 Å². The maximum absolute atomic E-state index is 5.87. The molecule has 0 saturated heterocycles. The Hall–Kier alpha value is -2.07. The van der Waals surface area contributed by atoms with Crippen LogP contribution in [0.5, 0.6) is 5.88 Å². The first-order valence-electron chi connectivity index (χ1n) is 6.84. The fraction of sp³-hybridized carbons (Fsp3) is 0.312. The van der Waals surface area contributed by atoms with Gasteiger partial charge in [0.2, 0.25) is 5.88 Å². The summed E-state index contributed by atoms with van der Waals surface area (Å²) in [6, 6.07) is 12.1. The van der Waals surface area contributed by atoms with Gasteiger partial charge in [0.05, 0.1) is 12.8 Å². The van der Waals surface area contributed by atoms with Crippen LogP contribution in [0.4, 0.5) is 5.69 Å². The second kappa shape index (κ2) is 5.51. The molecule has 0 unspecified atom stereocenters. The van der Waals surface area contributed by atoms with Crippen LogP contribution >= 0.6 is 0 Å². The van der Waals surface area contributed by atoms with E-state index in [4.69, 9.17) is 10.5 Å². The minimum Gasteiger partial charge on any atom is -0.481 e. The van der Waals surface area contributed by atoms with Gasteiger partial charge in [0, 0.05) is 31.4 Å². The lowest BCUT2D eigenvalue weighted by atomic mass is 9.99. The van der Waals surface area contributed by atoms with Crippen molar-refractivity contribution >= 4 is 5.69 Å². The summed E-state index contributed by atoms with van der Waals surface area (Å²) in [5, 5.41) is 0. The summed E-state index contributed by atoms with van der Waals surface area (Å²) in [6.07, 6.45) is 1.07. The van der Waals surface area contributed by atoms with Crippen LogP contribution < -0.4 is 10.5 Å². The molecule has 0 bridgehead atoms. The highest BCUT2D eigenvalue weighted by Crippen LogP contribution is 2.22. The third kappa shape index (κ3) is 2.75. The zero-order valence-corrected chi connectivity index (χ0v) is 11.7. The lowest BCUT2D eigenvalue weighted by molar-refractivity contribution is 0.241. The number of fused-ring (bicyclic) bond motifs is 1. The van der Waals surface area contributed by atoms with Crippen molar-refractivity contribution in [2.24, 2.45) is 0 Å². The van der Waals surface area contributed by atoms with Gasteiger partial charge in [0.1, 0.15) is 0 Å². The number of aromatic nitrogens is 1. The zero-order chi connectivity index (χ0) is 13.9. The predicted octanol–water partition coefficient (Wildman–Crippen LogP) is 2.23. The largest absolute Gasteiger partial charge is 0.481 e. The van der Waals surface area contributed by atoms with Gasteiger partial charge in [0.15, 0.2) is 0 Å². The van der Waals surface area contributed by atoms with Crippen LogP contribution in [-0.2, 0) is 19.5 Å². The summed E-state index contributed by atoms with van der Waals surface area (Å²) < 4.78 is 5.17. The van der Waals surface area contributed by atoms with Crippen molar-refractivity contribution < 1.29 is 4.74 Å². The van der Waals surface area contributed by atoms with E-state index >= 15 is 0 Å². The molecule has 2 aromatic rings. The van der Waals surface area contributed by atoms with Crippen LogP contribution in [0.15, 0.2) is 36.4 Å². The zero-order valence-electron chi connectivity index (χ0n) is 11.7. The Morgan fingerprint density at radius 3 is 3.00 bits per heavy atom. The molecule has 0 aliphatic carbocycles. The highest BCUT2D eigenvalue weighted by Gasteiger charge is 2.16. The molecular formula is C16H19N3O. The average Bonchev–Trinajstić information content (AvgIpc) is 2.47. The molecule has 0 atom stereocenters. The Labute approximate surface area is 119 Å². The number of nitrogens with zero attached hydrogens (tertiary/aromatic N) is 2. The Bertz CT molecular complexity index is 612. The number of nitrogens with two attached hydrogens (primary N) is 1. The standard InChI is InChI=1S/C16H19N3O/c1-20-16-4-2-3-15(18-16)11-19-8-7-12-5-6-14(17)9-13(12)10-19/h2-6,9H,7-8,10-11,17H2,1H3. The van der Waals surface area contributed by atoms with E-state index in [1.807, 2.05) is 24.3 Å². The minimum atomic E-state index is 0.671. The summed E-state index contributed by atoms with van der Waals surface area (Å²) in [7, 11) is 1.64. The van der Waals surface area contributed by atoms with Crippen LogP contribution in [0.3, 0.4) is 0 Å². The smallest absolute Gasteiger partial charge is 0.213 e. The number of ether oxygens (including phenoxy) is 1. The number of benzene rings is 1. The third-order valence-electron chi connectivity index (χ3n) is 3.70. The normalized spacial score (nSPS) is 14.8. The first-order valence-corrected chi connectivity index (χ1v) is 6.84. The fourth-order valence-electron chi connectivity index (χ4n) is 2.66. The van der Waals surface area contributed by atoms with Crippen molar-refractivity contribution in [3.8, 4) is 5.88 Å². The lowest BCUT2D eigenvalue weighted by Gasteiger charge is -2.28. The van der Waals surface area contributed by atoms with Crippen LogP contribution in [0.2, 0.25) is 0 Å².